The van der Waals surface area contributed by atoms with Crippen LogP contribution < -0.4 is 5.32 Å². The third-order valence-corrected chi connectivity index (χ3v) is 6.57. The van der Waals surface area contributed by atoms with Crippen molar-refractivity contribution in [2.24, 2.45) is 0 Å². The highest BCUT2D eigenvalue weighted by Crippen LogP contribution is 2.29. The van der Waals surface area contributed by atoms with Gasteiger partial charge in [-0.25, -0.2) is 9.18 Å². The molecule has 3 rings (SSSR count). The number of hydrogen-bond donors (Lipinski definition) is 2. The quantitative estimate of drug-likeness (QED) is 0.269. The van der Waals surface area contributed by atoms with Gasteiger partial charge in [-0.1, -0.05) is 52.6 Å². The van der Waals surface area contributed by atoms with Gasteiger partial charge in [0.25, 0.3) is 0 Å². The van der Waals surface area contributed by atoms with E-state index in [9.17, 15) is 14.0 Å². The maximum atomic E-state index is 13.7. The summed E-state index contributed by atoms with van der Waals surface area (Å²) in [6, 6.07) is 12.6. The molecule has 2 aromatic carbocycles. The Bertz CT molecular complexity index is 1210. The summed E-state index contributed by atoms with van der Waals surface area (Å²) in [5.41, 5.74) is 1.17. The number of aliphatic hydroxyl groups excluding tert-OH is 1. The van der Waals surface area contributed by atoms with E-state index in [1.54, 1.807) is 43.4 Å². The van der Waals surface area contributed by atoms with E-state index in [0.717, 1.165) is 0 Å². The molecule has 8 nitrogen and oxygen atoms in total. The van der Waals surface area contributed by atoms with Gasteiger partial charge in [0.15, 0.2) is 11.6 Å². The molecule has 198 valence electrons. The fraction of sp³-hybridized carbons (Fsp3) is 0.346. The summed E-state index contributed by atoms with van der Waals surface area (Å²) < 4.78 is 24.3. The Hall–Kier alpha value is -3.14. The van der Waals surface area contributed by atoms with Crippen LogP contribution in [0.15, 0.2) is 53.1 Å². The maximum Gasteiger partial charge on any atom is 0.412 e. The lowest BCUT2D eigenvalue weighted by molar-refractivity contribution is -0.132. The second-order valence-corrected chi connectivity index (χ2v) is 9.16. The summed E-state index contributed by atoms with van der Waals surface area (Å²) in [7, 11) is 1.62. The first-order chi connectivity index (χ1) is 17.8. The summed E-state index contributed by atoms with van der Waals surface area (Å²) in [6.45, 7) is -0.0564. The molecule has 0 radical (unpaired) electrons. The summed E-state index contributed by atoms with van der Waals surface area (Å²) in [5.74, 6) is -0.216. The Labute approximate surface area is 224 Å². The van der Waals surface area contributed by atoms with Crippen LogP contribution in [0.5, 0.6) is 0 Å². The van der Waals surface area contributed by atoms with Gasteiger partial charge >= 0.3 is 6.09 Å². The van der Waals surface area contributed by atoms with Gasteiger partial charge in [-0.15, -0.1) is 0 Å². The Morgan fingerprint density at radius 3 is 2.73 bits per heavy atom. The van der Waals surface area contributed by atoms with Gasteiger partial charge in [-0.05, 0) is 49.4 Å². The van der Waals surface area contributed by atoms with E-state index in [-0.39, 0.29) is 42.8 Å². The topological polar surface area (TPSA) is 105 Å². The molecular formula is C26H28Cl2FN3O5. The predicted molar refractivity (Wildman–Crippen MR) is 139 cm³/mol. The Balaban J connectivity index is 1.56. The van der Waals surface area contributed by atoms with E-state index in [1.807, 2.05) is 0 Å². The van der Waals surface area contributed by atoms with Crippen molar-refractivity contribution in [1.82, 2.24) is 10.1 Å². The normalized spacial score (nSPS) is 11.7. The van der Waals surface area contributed by atoms with Crippen LogP contribution in [-0.2, 0) is 16.0 Å². The monoisotopic (exact) mass is 551 g/mol. The number of aromatic nitrogens is 1. The molecule has 1 atom stereocenters. The average molecular weight is 552 g/mol. The number of amides is 2. The number of carbonyl (C=O) groups is 2. The number of aliphatic hydroxyl groups is 1. The number of nitrogens with zero attached hydrogens (tertiary/aromatic N) is 2. The lowest BCUT2D eigenvalue weighted by atomic mass is 10.1. The lowest BCUT2D eigenvalue weighted by Crippen LogP contribution is -2.41. The largest absolute Gasteiger partial charge is 0.447 e. The molecule has 11 heteroatoms. The van der Waals surface area contributed by atoms with Crippen molar-refractivity contribution in [3.63, 3.8) is 0 Å². The maximum absolute atomic E-state index is 13.7. The lowest BCUT2D eigenvalue weighted by Gasteiger charge is -2.28. The van der Waals surface area contributed by atoms with Crippen molar-refractivity contribution in [1.29, 1.82) is 0 Å². The molecule has 0 aliphatic heterocycles. The second kappa shape index (κ2) is 14.0. The van der Waals surface area contributed by atoms with Gasteiger partial charge in [0, 0.05) is 31.7 Å². The zero-order valence-electron chi connectivity index (χ0n) is 20.3. The first-order valence-electron chi connectivity index (χ1n) is 11.7. The fourth-order valence-corrected chi connectivity index (χ4v) is 4.13. The van der Waals surface area contributed by atoms with Crippen LogP contribution in [-0.4, -0.2) is 53.5 Å². The molecular weight excluding hydrogens is 524 g/mol. The molecule has 0 aliphatic carbocycles. The number of benzene rings is 2. The fourth-order valence-electron chi connectivity index (χ4n) is 3.68. The minimum atomic E-state index is -0.765. The zero-order valence-corrected chi connectivity index (χ0v) is 21.8. The number of likely N-dealkylation sites (N-methyl/N-ethyl adjacent to an activating group) is 1. The molecule has 0 fully saturated rings. The number of anilines is 1. The van der Waals surface area contributed by atoms with E-state index < -0.39 is 18.0 Å². The molecule has 0 bridgehead atoms. The van der Waals surface area contributed by atoms with Crippen LogP contribution in [0.2, 0.25) is 10.0 Å². The number of halogens is 3. The molecule has 0 aliphatic rings. The molecule has 2 N–H and O–H groups in total. The van der Waals surface area contributed by atoms with Gasteiger partial charge in [0.1, 0.15) is 12.4 Å². The highest BCUT2D eigenvalue weighted by molar-refractivity contribution is 6.33. The van der Waals surface area contributed by atoms with Gasteiger partial charge in [0.05, 0.1) is 16.1 Å². The van der Waals surface area contributed by atoms with Crippen LogP contribution in [0.4, 0.5) is 15.0 Å². The summed E-state index contributed by atoms with van der Waals surface area (Å²) in [5, 5.41) is 15.9. The van der Waals surface area contributed by atoms with Crippen LogP contribution in [0.25, 0.3) is 11.3 Å². The van der Waals surface area contributed by atoms with Gasteiger partial charge in [0.2, 0.25) is 5.91 Å². The molecule has 0 saturated heterocycles. The van der Waals surface area contributed by atoms with Crippen molar-refractivity contribution in [3.8, 4) is 11.3 Å². The highest BCUT2D eigenvalue weighted by Gasteiger charge is 2.22. The number of carbonyl (C=O) groups excluding carboxylic acids is 2. The third kappa shape index (κ3) is 8.18. The Morgan fingerprint density at radius 1 is 1.19 bits per heavy atom. The van der Waals surface area contributed by atoms with Crippen LogP contribution in [0.1, 0.15) is 31.2 Å². The first kappa shape index (κ1) is 28.4. The number of hydrogen-bond acceptors (Lipinski definition) is 6. The summed E-state index contributed by atoms with van der Waals surface area (Å²) in [6.07, 6.45) is 1.30. The number of aryl methyl sites for hydroxylation is 1. The smallest absolute Gasteiger partial charge is 0.412 e. The third-order valence-electron chi connectivity index (χ3n) is 5.81. The van der Waals surface area contributed by atoms with Crippen LogP contribution in [0.3, 0.4) is 0 Å². The molecule has 0 saturated carbocycles. The van der Waals surface area contributed by atoms with Crippen molar-refractivity contribution in [2.75, 3.05) is 25.6 Å². The predicted octanol–water partition coefficient (Wildman–Crippen LogP) is 5.96. The van der Waals surface area contributed by atoms with E-state index in [0.29, 0.717) is 41.2 Å². The van der Waals surface area contributed by atoms with Crippen molar-refractivity contribution >= 4 is 41.0 Å². The van der Waals surface area contributed by atoms with E-state index in [1.165, 1.54) is 17.0 Å². The zero-order chi connectivity index (χ0) is 26.8. The summed E-state index contributed by atoms with van der Waals surface area (Å²) >= 11 is 12.2. The average Bonchev–Trinajstić information content (AvgIpc) is 3.34. The van der Waals surface area contributed by atoms with Gasteiger partial charge in [-0.3, -0.25) is 10.1 Å². The first-order valence-corrected chi connectivity index (χ1v) is 12.5. The molecule has 37 heavy (non-hydrogen) atoms. The summed E-state index contributed by atoms with van der Waals surface area (Å²) in [4.78, 5) is 26.7. The molecule has 3 aromatic rings. The van der Waals surface area contributed by atoms with Crippen molar-refractivity contribution in [3.05, 3.63) is 70.0 Å². The number of unbranched alkanes of at least 4 members (excludes halogenated alkanes) is 1. The standard InChI is InChI=1S/C26H28Cl2FN3O5/c1-32(24(34)13-12-17-7-6-11-21(29)25(17)28)18(8-4-5-14-33)16-36-26(35)30-23-15-22(37-31-23)19-9-2-3-10-20(19)27/h2-3,6-7,9-11,15,18,33H,4-5,8,12-14,16H2,1H3,(H,30,31,35)/t18-/m0/s1. The number of nitrogens with one attached hydrogen (secondary N) is 1. The number of rotatable bonds is 12. The van der Waals surface area contributed by atoms with Crippen LogP contribution in [0, 0.1) is 5.82 Å². The van der Waals surface area contributed by atoms with Crippen molar-refractivity contribution < 1.29 is 28.3 Å². The van der Waals surface area contributed by atoms with E-state index in [2.05, 4.69) is 10.5 Å². The molecule has 0 unspecified atom stereocenters. The highest BCUT2D eigenvalue weighted by atomic mass is 35.5. The molecule has 0 spiro atoms. The van der Waals surface area contributed by atoms with Crippen LogP contribution >= 0.6 is 23.2 Å². The minimum absolute atomic E-state index is 0.00278. The number of ether oxygens (including phenoxy) is 1. The van der Waals surface area contributed by atoms with Gasteiger partial charge in [-0.2, -0.15) is 0 Å². The minimum Gasteiger partial charge on any atom is -0.447 e. The van der Waals surface area contributed by atoms with Gasteiger partial charge < -0.3 is 19.3 Å². The molecule has 1 heterocycles. The Morgan fingerprint density at radius 2 is 1.97 bits per heavy atom. The van der Waals surface area contributed by atoms with E-state index in [4.69, 9.17) is 37.6 Å². The molecule has 1 aromatic heterocycles. The SMILES string of the molecule is CN(C(=O)CCc1cccc(F)c1Cl)[C@@H](CCCCO)COC(=O)Nc1cc(-c2ccccc2Cl)on1. The Kier molecular flexibility index (Phi) is 10.7. The van der Waals surface area contributed by atoms with E-state index >= 15 is 0 Å². The molecule has 2 amide bonds. The second-order valence-electron chi connectivity index (χ2n) is 8.37. The van der Waals surface area contributed by atoms with Crippen molar-refractivity contribution in [2.45, 2.75) is 38.1 Å².